The van der Waals surface area contributed by atoms with Gasteiger partial charge in [-0.15, -0.1) is 11.8 Å². The van der Waals surface area contributed by atoms with Gasteiger partial charge in [0.15, 0.2) is 0 Å². The van der Waals surface area contributed by atoms with Crippen molar-refractivity contribution < 1.29 is 9.53 Å². The number of methoxy groups -OCH3 is 1. The number of hydrogen-bond acceptors (Lipinski definition) is 3. The van der Waals surface area contributed by atoms with Crippen molar-refractivity contribution in [3.05, 3.63) is 77.9 Å². The van der Waals surface area contributed by atoms with Crippen molar-refractivity contribution in [1.82, 2.24) is 0 Å². The van der Waals surface area contributed by atoms with E-state index in [1.54, 1.807) is 0 Å². The quantitative estimate of drug-likeness (QED) is 0.485. The standard InChI is InChI=1S/C20H22O2S2/c1-16(19(21)22-2)15-20(17-9-5-3-6-10-17)23-13-14-24(20)18-11-7-4-8-12-18/h3-12,15,24H,13-14H2,1-2H3. The normalized spacial score (nSPS) is 25.4. The number of esters is 1. The number of ether oxygens (including phenoxy) is 1. The second-order valence-corrected chi connectivity index (χ2v) is 9.89. The summed E-state index contributed by atoms with van der Waals surface area (Å²) in [5.41, 5.74) is 1.95. The van der Waals surface area contributed by atoms with Crippen LogP contribution in [0.3, 0.4) is 0 Å². The highest BCUT2D eigenvalue weighted by atomic mass is 32.2. The molecule has 24 heavy (non-hydrogen) atoms. The monoisotopic (exact) mass is 358 g/mol. The highest BCUT2D eigenvalue weighted by Gasteiger charge is 2.42. The van der Waals surface area contributed by atoms with E-state index in [0.29, 0.717) is 5.57 Å². The summed E-state index contributed by atoms with van der Waals surface area (Å²) in [6.45, 7) is 1.86. The van der Waals surface area contributed by atoms with Crippen LogP contribution in [0.2, 0.25) is 0 Å². The van der Waals surface area contributed by atoms with Crippen molar-refractivity contribution in [2.75, 3.05) is 18.6 Å². The van der Waals surface area contributed by atoms with Gasteiger partial charge in [-0.25, -0.2) is 15.7 Å². The molecule has 1 saturated heterocycles. The number of carbonyl (C=O) groups excluding carboxylic acids is 1. The molecule has 2 unspecified atom stereocenters. The Balaban J connectivity index is 2.14. The molecule has 1 aliphatic rings. The molecule has 2 aromatic rings. The van der Waals surface area contributed by atoms with Crippen LogP contribution in [0.4, 0.5) is 0 Å². The van der Waals surface area contributed by atoms with Crippen molar-refractivity contribution in [3.8, 4) is 0 Å². The van der Waals surface area contributed by atoms with Crippen molar-refractivity contribution >= 4 is 28.6 Å². The van der Waals surface area contributed by atoms with Gasteiger partial charge in [-0.3, -0.25) is 0 Å². The molecule has 2 atom stereocenters. The van der Waals surface area contributed by atoms with E-state index in [4.69, 9.17) is 4.74 Å². The van der Waals surface area contributed by atoms with Crippen LogP contribution in [0.25, 0.3) is 0 Å². The second kappa shape index (κ2) is 7.49. The number of hydrogen-bond donors (Lipinski definition) is 1. The van der Waals surface area contributed by atoms with Gasteiger partial charge < -0.3 is 4.74 Å². The lowest BCUT2D eigenvalue weighted by Crippen LogP contribution is -2.18. The van der Waals surface area contributed by atoms with Crippen LogP contribution in [0, 0.1) is 0 Å². The van der Waals surface area contributed by atoms with Crippen molar-refractivity contribution in [1.29, 1.82) is 0 Å². The summed E-state index contributed by atoms with van der Waals surface area (Å²) in [6.07, 6.45) is 2.14. The summed E-state index contributed by atoms with van der Waals surface area (Å²) in [5.74, 6) is 2.01. The number of thioether (sulfide) groups is 1. The first-order valence-electron chi connectivity index (χ1n) is 7.97. The molecular weight excluding hydrogens is 336 g/mol. The molecule has 0 saturated carbocycles. The zero-order valence-electron chi connectivity index (χ0n) is 13.9. The summed E-state index contributed by atoms with van der Waals surface area (Å²) in [5, 5.41) is 0. The smallest absolute Gasteiger partial charge is 0.333 e. The molecule has 0 bridgehead atoms. The Hall–Kier alpha value is -1.65. The van der Waals surface area contributed by atoms with Crippen molar-refractivity contribution in [2.45, 2.75) is 15.9 Å². The highest BCUT2D eigenvalue weighted by Crippen LogP contribution is 2.66. The topological polar surface area (TPSA) is 26.3 Å². The second-order valence-electron chi connectivity index (χ2n) is 5.72. The summed E-state index contributed by atoms with van der Waals surface area (Å²) in [4.78, 5) is 13.4. The molecule has 4 heteroatoms. The van der Waals surface area contributed by atoms with Gasteiger partial charge >= 0.3 is 5.97 Å². The zero-order valence-corrected chi connectivity index (χ0v) is 15.6. The van der Waals surface area contributed by atoms with Crippen molar-refractivity contribution in [3.63, 3.8) is 0 Å². The third-order valence-corrected chi connectivity index (χ3v) is 9.55. The summed E-state index contributed by atoms with van der Waals surface area (Å²) < 4.78 is 4.76. The van der Waals surface area contributed by atoms with Crippen LogP contribution >= 0.6 is 22.7 Å². The highest BCUT2D eigenvalue weighted by molar-refractivity contribution is 8.30. The fourth-order valence-corrected chi connectivity index (χ4v) is 8.87. The Morgan fingerprint density at radius 3 is 2.38 bits per heavy atom. The largest absolute Gasteiger partial charge is 0.466 e. The van der Waals surface area contributed by atoms with Crippen LogP contribution in [-0.2, 0) is 13.6 Å². The van der Waals surface area contributed by atoms with Crippen LogP contribution in [0.1, 0.15) is 12.5 Å². The molecule has 1 heterocycles. The minimum Gasteiger partial charge on any atom is -0.466 e. The van der Waals surface area contributed by atoms with Crippen LogP contribution in [-0.4, -0.2) is 24.6 Å². The first kappa shape index (κ1) is 17.2. The maximum absolute atomic E-state index is 12.0. The summed E-state index contributed by atoms with van der Waals surface area (Å²) in [7, 11) is 0.993. The van der Waals surface area contributed by atoms with Crippen LogP contribution in [0.15, 0.2) is 77.2 Å². The predicted molar refractivity (Wildman–Crippen MR) is 105 cm³/mol. The molecule has 0 aromatic heterocycles. The first-order chi connectivity index (χ1) is 11.7. The van der Waals surface area contributed by atoms with Gasteiger partial charge in [0.1, 0.15) is 0 Å². The lowest BCUT2D eigenvalue weighted by atomic mass is 10.1. The Labute approximate surface area is 150 Å². The third-order valence-electron chi connectivity index (χ3n) is 4.21. The molecule has 0 N–H and O–H groups in total. The molecule has 0 amide bonds. The lowest BCUT2D eigenvalue weighted by molar-refractivity contribution is -0.136. The van der Waals surface area contributed by atoms with Gasteiger partial charge in [0.05, 0.1) is 11.2 Å². The SMILES string of the molecule is COC(=O)C(C)=CC1(c2ccccc2)SCC[SH]1c1ccccc1. The zero-order chi connectivity index (χ0) is 17.0. The van der Waals surface area contributed by atoms with Crippen LogP contribution in [0.5, 0.6) is 0 Å². The molecule has 2 nitrogen and oxygen atoms in total. The van der Waals surface area contributed by atoms with E-state index in [0.717, 1.165) is 11.5 Å². The molecular formula is C20H22O2S2. The molecule has 1 aliphatic heterocycles. The fraction of sp³-hybridized carbons (Fsp3) is 0.250. The van der Waals surface area contributed by atoms with Crippen molar-refractivity contribution in [2.24, 2.45) is 0 Å². The maximum atomic E-state index is 12.0. The third kappa shape index (κ3) is 3.26. The Bertz CT molecular complexity index is 728. The Morgan fingerprint density at radius 2 is 1.75 bits per heavy atom. The molecule has 2 aromatic carbocycles. The van der Waals surface area contributed by atoms with Gasteiger partial charge in [-0.1, -0.05) is 60.7 Å². The van der Waals surface area contributed by atoms with Gasteiger partial charge in [0.2, 0.25) is 0 Å². The van der Waals surface area contributed by atoms with Gasteiger partial charge in [-0.05, 0) is 29.2 Å². The summed E-state index contributed by atoms with van der Waals surface area (Å²) in [6, 6.07) is 21.3. The predicted octanol–water partition coefficient (Wildman–Crippen LogP) is 4.77. The molecule has 0 radical (unpaired) electrons. The van der Waals surface area contributed by atoms with E-state index >= 15 is 0 Å². The first-order valence-corrected chi connectivity index (χ1v) is 10.5. The van der Waals surface area contributed by atoms with Crippen LogP contribution < -0.4 is 0 Å². The minimum absolute atomic E-state index is 0.170. The van der Waals surface area contributed by atoms with E-state index in [1.165, 1.54) is 17.6 Å². The molecule has 0 spiro atoms. The Kier molecular flexibility index (Phi) is 5.36. The molecule has 3 rings (SSSR count). The summed E-state index contributed by atoms with van der Waals surface area (Å²) >= 11 is 1.95. The average Bonchev–Trinajstić information content (AvgIpc) is 3.07. The molecule has 1 fully saturated rings. The van der Waals surface area contributed by atoms with Gasteiger partial charge in [-0.2, -0.15) is 0 Å². The van der Waals surface area contributed by atoms with E-state index in [2.05, 4.69) is 60.7 Å². The van der Waals surface area contributed by atoms with Gasteiger partial charge in [0.25, 0.3) is 0 Å². The molecule has 126 valence electrons. The van der Waals surface area contributed by atoms with Gasteiger partial charge in [0, 0.05) is 11.3 Å². The number of thiol groups is 1. The van der Waals surface area contributed by atoms with E-state index in [-0.39, 0.29) is 10.0 Å². The lowest BCUT2D eigenvalue weighted by Gasteiger charge is -2.36. The Morgan fingerprint density at radius 1 is 1.12 bits per heavy atom. The average molecular weight is 359 g/mol. The van der Waals surface area contributed by atoms with E-state index < -0.39 is 10.9 Å². The van der Waals surface area contributed by atoms with E-state index in [9.17, 15) is 4.79 Å². The number of rotatable bonds is 4. The van der Waals surface area contributed by atoms with E-state index in [1.807, 2.05) is 24.8 Å². The fourth-order valence-electron chi connectivity index (χ4n) is 3.10. The minimum atomic E-state index is -0.448. The number of benzene rings is 2. The number of carbonyl (C=O) groups is 1. The molecule has 0 aliphatic carbocycles. The maximum Gasteiger partial charge on any atom is 0.333 e.